The largest absolute Gasteiger partial charge is 0.382 e. The molecule has 0 bridgehead atoms. The Morgan fingerprint density at radius 2 is 1.55 bits per heavy atom. The van der Waals surface area contributed by atoms with E-state index in [0.29, 0.717) is 11.7 Å². The molecule has 1 aliphatic rings. The van der Waals surface area contributed by atoms with Gasteiger partial charge in [-0.15, -0.1) is 0 Å². The average Bonchev–Trinajstić information content (AvgIpc) is 3.31. The Morgan fingerprint density at radius 1 is 0.909 bits per heavy atom. The Labute approximate surface area is 125 Å². The predicted octanol–water partition coefficient (Wildman–Crippen LogP) is 3.93. The van der Waals surface area contributed by atoms with Crippen LogP contribution in [0.4, 0.5) is 24.5 Å². The Kier molecular flexibility index (Phi) is 3.75. The lowest BCUT2D eigenvalue weighted by atomic mass is 10.1. The van der Waals surface area contributed by atoms with E-state index in [-0.39, 0.29) is 0 Å². The molecule has 1 aliphatic carbocycles. The minimum Gasteiger partial charge on any atom is -0.382 e. The van der Waals surface area contributed by atoms with Gasteiger partial charge in [-0.25, -0.2) is 13.2 Å². The summed E-state index contributed by atoms with van der Waals surface area (Å²) >= 11 is 0. The summed E-state index contributed by atoms with van der Waals surface area (Å²) in [6.07, 6.45) is 2.29. The predicted molar refractivity (Wildman–Crippen MR) is 77.4 cm³/mol. The van der Waals surface area contributed by atoms with Crippen LogP contribution in [0.1, 0.15) is 23.2 Å². The monoisotopic (exact) mass is 306 g/mol. The van der Waals surface area contributed by atoms with Gasteiger partial charge in [-0.2, -0.15) is 0 Å². The fraction of sp³-hybridized carbons (Fsp3) is 0.188. The second-order valence-electron chi connectivity index (χ2n) is 5.17. The highest BCUT2D eigenvalue weighted by Gasteiger charge is 2.21. The number of rotatable bonds is 4. The lowest BCUT2D eigenvalue weighted by Gasteiger charge is -2.09. The number of carbonyl (C=O) groups is 1. The highest BCUT2D eigenvalue weighted by molar-refractivity contribution is 6.04. The quantitative estimate of drug-likeness (QED) is 0.840. The first-order valence-electron chi connectivity index (χ1n) is 6.86. The van der Waals surface area contributed by atoms with Crippen molar-refractivity contribution in [1.82, 2.24) is 0 Å². The minimum absolute atomic E-state index is 0.440. The van der Waals surface area contributed by atoms with E-state index < -0.39 is 28.9 Å². The second kappa shape index (κ2) is 5.71. The van der Waals surface area contributed by atoms with Gasteiger partial charge in [-0.05, 0) is 49.2 Å². The highest BCUT2D eigenvalue weighted by atomic mass is 19.2. The maximum atomic E-state index is 13.5. The Morgan fingerprint density at radius 3 is 2.18 bits per heavy atom. The van der Waals surface area contributed by atoms with Crippen molar-refractivity contribution in [2.45, 2.75) is 18.9 Å². The highest BCUT2D eigenvalue weighted by Crippen LogP contribution is 2.25. The first-order valence-corrected chi connectivity index (χ1v) is 6.86. The van der Waals surface area contributed by atoms with Crippen molar-refractivity contribution in [3.8, 4) is 0 Å². The van der Waals surface area contributed by atoms with E-state index in [9.17, 15) is 18.0 Å². The maximum Gasteiger partial charge on any atom is 0.258 e. The van der Waals surface area contributed by atoms with E-state index in [1.54, 1.807) is 24.3 Å². The fourth-order valence-electron chi connectivity index (χ4n) is 2.01. The van der Waals surface area contributed by atoms with Crippen molar-refractivity contribution in [2.75, 3.05) is 10.6 Å². The van der Waals surface area contributed by atoms with E-state index in [1.807, 2.05) is 0 Å². The standard InChI is InChI=1S/C16H13F3N2O/c17-13-8-7-12(14(18)15(13)19)16(22)21-11-5-3-10(4-6-11)20-9-1-2-9/h3-9,20H,1-2H2,(H,21,22). The zero-order valence-electron chi connectivity index (χ0n) is 11.5. The summed E-state index contributed by atoms with van der Waals surface area (Å²) in [6, 6.07) is 9.02. The molecule has 0 spiro atoms. The van der Waals surface area contributed by atoms with Crippen molar-refractivity contribution in [3.63, 3.8) is 0 Å². The van der Waals surface area contributed by atoms with Crippen LogP contribution in [-0.2, 0) is 0 Å². The molecule has 6 heteroatoms. The van der Waals surface area contributed by atoms with Crippen LogP contribution in [0.2, 0.25) is 0 Å². The molecule has 0 radical (unpaired) electrons. The Bertz CT molecular complexity index is 712. The number of benzene rings is 2. The van der Waals surface area contributed by atoms with E-state index in [4.69, 9.17) is 0 Å². The lowest BCUT2D eigenvalue weighted by Crippen LogP contribution is -2.15. The third kappa shape index (κ3) is 3.05. The van der Waals surface area contributed by atoms with Crippen molar-refractivity contribution in [3.05, 3.63) is 59.4 Å². The number of hydrogen-bond acceptors (Lipinski definition) is 2. The smallest absolute Gasteiger partial charge is 0.258 e. The summed E-state index contributed by atoms with van der Waals surface area (Å²) in [6.45, 7) is 0. The zero-order chi connectivity index (χ0) is 15.7. The molecule has 0 aliphatic heterocycles. The van der Waals surface area contributed by atoms with Gasteiger partial charge in [0.2, 0.25) is 0 Å². The van der Waals surface area contributed by atoms with Crippen LogP contribution in [0, 0.1) is 17.5 Å². The molecule has 0 unspecified atom stereocenters. The maximum absolute atomic E-state index is 13.5. The van der Waals surface area contributed by atoms with Gasteiger partial charge < -0.3 is 10.6 Å². The summed E-state index contributed by atoms with van der Waals surface area (Å²) in [5.41, 5.74) is 0.828. The molecule has 2 aromatic rings. The summed E-state index contributed by atoms with van der Waals surface area (Å²) in [4.78, 5) is 11.9. The van der Waals surface area contributed by atoms with Crippen molar-refractivity contribution < 1.29 is 18.0 Å². The van der Waals surface area contributed by atoms with Gasteiger partial charge in [0, 0.05) is 17.4 Å². The van der Waals surface area contributed by atoms with Gasteiger partial charge in [0.05, 0.1) is 5.56 Å². The van der Waals surface area contributed by atoms with E-state index >= 15 is 0 Å². The fourth-order valence-corrected chi connectivity index (χ4v) is 2.01. The molecule has 0 aromatic heterocycles. The molecule has 2 aromatic carbocycles. The molecular weight excluding hydrogens is 293 g/mol. The van der Waals surface area contributed by atoms with Crippen molar-refractivity contribution in [1.29, 1.82) is 0 Å². The van der Waals surface area contributed by atoms with Crippen molar-refractivity contribution in [2.24, 2.45) is 0 Å². The van der Waals surface area contributed by atoms with Crippen LogP contribution >= 0.6 is 0 Å². The molecule has 0 atom stereocenters. The van der Waals surface area contributed by atoms with E-state index in [2.05, 4.69) is 10.6 Å². The molecular formula is C16H13F3N2O. The molecule has 114 valence electrons. The third-order valence-corrected chi connectivity index (χ3v) is 3.37. The van der Waals surface area contributed by atoms with E-state index in [1.165, 1.54) is 0 Å². The SMILES string of the molecule is O=C(Nc1ccc(NC2CC2)cc1)c1ccc(F)c(F)c1F. The van der Waals surface area contributed by atoms with Gasteiger partial charge in [-0.1, -0.05) is 0 Å². The van der Waals surface area contributed by atoms with Crippen LogP contribution in [0.15, 0.2) is 36.4 Å². The molecule has 3 nitrogen and oxygen atoms in total. The van der Waals surface area contributed by atoms with Gasteiger partial charge in [0.1, 0.15) is 0 Å². The molecule has 3 rings (SSSR count). The number of amides is 1. The topological polar surface area (TPSA) is 41.1 Å². The van der Waals surface area contributed by atoms with Gasteiger partial charge in [0.25, 0.3) is 5.91 Å². The van der Waals surface area contributed by atoms with Crippen LogP contribution in [0.5, 0.6) is 0 Å². The molecule has 1 amide bonds. The molecule has 1 fully saturated rings. The zero-order valence-corrected chi connectivity index (χ0v) is 11.5. The molecule has 22 heavy (non-hydrogen) atoms. The number of hydrogen-bond donors (Lipinski definition) is 2. The number of nitrogens with one attached hydrogen (secondary N) is 2. The van der Waals surface area contributed by atoms with Gasteiger partial charge in [-0.3, -0.25) is 4.79 Å². The number of halogens is 3. The molecule has 0 saturated heterocycles. The van der Waals surface area contributed by atoms with Crippen LogP contribution in [-0.4, -0.2) is 11.9 Å². The lowest BCUT2D eigenvalue weighted by molar-refractivity contribution is 0.102. The van der Waals surface area contributed by atoms with Crippen LogP contribution in [0.3, 0.4) is 0 Å². The van der Waals surface area contributed by atoms with Crippen LogP contribution in [0.25, 0.3) is 0 Å². The molecule has 2 N–H and O–H groups in total. The Balaban J connectivity index is 1.72. The van der Waals surface area contributed by atoms with E-state index in [0.717, 1.165) is 30.7 Å². The first-order chi connectivity index (χ1) is 10.5. The van der Waals surface area contributed by atoms with Crippen LogP contribution < -0.4 is 10.6 Å². The average molecular weight is 306 g/mol. The summed E-state index contributed by atoms with van der Waals surface area (Å²) < 4.78 is 39.5. The minimum atomic E-state index is -1.66. The summed E-state index contributed by atoms with van der Waals surface area (Å²) in [7, 11) is 0. The summed E-state index contributed by atoms with van der Waals surface area (Å²) in [5, 5.41) is 5.73. The van der Waals surface area contributed by atoms with Gasteiger partial charge >= 0.3 is 0 Å². The third-order valence-electron chi connectivity index (χ3n) is 3.37. The summed E-state index contributed by atoms with van der Waals surface area (Å²) in [5.74, 6) is -5.31. The molecule has 1 saturated carbocycles. The Hall–Kier alpha value is -2.50. The van der Waals surface area contributed by atoms with Gasteiger partial charge in [0.15, 0.2) is 17.5 Å². The first kappa shape index (κ1) is 14.4. The number of anilines is 2. The second-order valence-corrected chi connectivity index (χ2v) is 5.17. The number of carbonyl (C=O) groups excluding carboxylic acids is 1. The molecule has 0 heterocycles. The van der Waals surface area contributed by atoms with Crippen molar-refractivity contribution >= 4 is 17.3 Å². The normalized spacial score (nSPS) is 13.8.